The minimum atomic E-state index is -1.14. The molecule has 104 valence electrons. The van der Waals surface area contributed by atoms with E-state index in [-0.39, 0.29) is 12.3 Å². The molecular formula is C11H20N2O5. The number of carbonyl (C=O) groups is 3. The fourth-order valence-corrected chi connectivity index (χ4v) is 1.51. The molecule has 7 heteroatoms. The third kappa shape index (κ3) is 6.19. The minimum Gasteiger partial charge on any atom is -0.480 e. The molecule has 0 bridgehead atoms. The molecule has 0 aromatic carbocycles. The zero-order chi connectivity index (χ0) is 14.3. The Morgan fingerprint density at radius 1 is 1.17 bits per heavy atom. The zero-order valence-corrected chi connectivity index (χ0v) is 10.8. The molecule has 0 spiro atoms. The molecule has 0 aromatic rings. The SMILES string of the molecule is CC(C)CC(CC(=O)NO)C(=O)N[C@@H](C)C(=O)O. The molecule has 0 aliphatic carbocycles. The van der Waals surface area contributed by atoms with Crippen molar-refractivity contribution in [3.8, 4) is 0 Å². The molecule has 7 nitrogen and oxygen atoms in total. The molecule has 2 amide bonds. The number of hydroxylamine groups is 1. The molecule has 0 aliphatic heterocycles. The molecule has 0 aromatic heterocycles. The van der Waals surface area contributed by atoms with Gasteiger partial charge in [0.1, 0.15) is 6.04 Å². The van der Waals surface area contributed by atoms with Crippen molar-refractivity contribution in [3.63, 3.8) is 0 Å². The standard InChI is InChI=1S/C11H20N2O5/c1-6(2)4-8(5-9(14)13-18)10(15)12-7(3)11(16)17/h6-8,18H,4-5H2,1-3H3,(H,12,15)(H,13,14)(H,16,17)/t7-,8?/m0/s1. The van der Waals surface area contributed by atoms with E-state index in [9.17, 15) is 14.4 Å². The first kappa shape index (κ1) is 16.4. The summed E-state index contributed by atoms with van der Waals surface area (Å²) in [5.74, 6) is -2.79. The highest BCUT2D eigenvalue weighted by atomic mass is 16.5. The van der Waals surface area contributed by atoms with Crippen LogP contribution in [0.2, 0.25) is 0 Å². The smallest absolute Gasteiger partial charge is 0.325 e. The summed E-state index contributed by atoms with van der Waals surface area (Å²) < 4.78 is 0. The second-order valence-corrected chi connectivity index (χ2v) is 4.63. The van der Waals surface area contributed by atoms with Crippen LogP contribution in [0.3, 0.4) is 0 Å². The lowest BCUT2D eigenvalue weighted by Gasteiger charge is -2.19. The van der Waals surface area contributed by atoms with E-state index in [0.717, 1.165) is 0 Å². The molecule has 2 atom stereocenters. The van der Waals surface area contributed by atoms with Crippen LogP contribution in [-0.4, -0.2) is 34.1 Å². The summed E-state index contributed by atoms with van der Waals surface area (Å²) in [6.45, 7) is 5.12. The van der Waals surface area contributed by atoms with Crippen LogP contribution in [0.4, 0.5) is 0 Å². The molecule has 0 saturated carbocycles. The van der Waals surface area contributed by atoms with Crippen LogP contribution in [0.5, 0.6) is 0 Å². The second-order valence-electron chi connectivity index (χ2n) is 4.63. The van der Waals surface area contributed by atoms with E-state index in [1.807, 2.05) is 13.8 Å². The highest BCUT2D eigenvalue weighted by Crippen LogP contribution is 2.16. The van der Waals surface area contributed by atoms with Gasteiger partial charge in [-0.1, -0.05) is 13.8 Å². The number of aliphatic carboxylic acids is 1. The third-order valence-electron chi connectivity index (χ3n) is 2.41. The van der Waals surface area contributed by atoms with E-state index in [0.29, 0.717) is 6.42 Å². The van der Waals surface area contributed by atoms with Crippen molar-refractivity contribution in [1.82, 2.24) is 10.8 Å². The summed E-state index contributed by atoms with van der Waals surface area (Å²) in [7, 11) is 0. The Morgan fingerprint density at radius 3 is 2.11 bits per heavy atom. The van der Waals surface area contributed by atoms with Gasteiger partial charge in [-0.05, 0) is 19.3 Å². The first-order chi connectivity index (χ1) is 8.27. The van der Waals surface area contributed by atoms with Crippen molar-refractivity contribution < 1.29 is 24.7 Å². The Hall–Kier alpha value is -1.63. The van der Waals surface area contributed by atoms with Gasteiger partial charge in [0.15, 0.2) is 0 Å². The van der Waals surface area contributed by atoms with Crippen molar-refractivity contribution in [2.45, 2.75) is 39.7 Å². The maximum atomic E-state index is 11.8. The first-order valence-corrected chi connectivity index (χ1v) is 5.74. The summed E-state index contributed by atoms with van der Waals surface area (Å²) in [4.78, 5) is 33.5. The van der Waals surface area contributed by atoms with Crippen LogP contribution in [0.15, 0.2) is 0 Å². The lowest BCUT2D eigenvalue weighted by atomic mass is 9.93. The molecule has 0 fully saturated rings. The van der Waals surface area contributed by atoms with Gasteiger partial charge in [0, 0.05) is 12.3 Å². The van der Waals surface area contributed by atoms with Crippen LogP contribution in [-0.2, 0) is 14.4 Å². The normalized spacial score (nSPS) is 13.8. The fourth-order valence-electron chi connectivity index (χ4n) is 1.51. The van der Waals surface area contributed by atoms with E-state index in [1.54, 1.807) is 0 Å². The predicted octanol–water partition coefficient (Wildman–Crippen LogP) is 0.134. The first-order valence-electron chi connectivity index (χ1n) is 5.74. The number of hydrogen-bond donors (Lipinski definition) is 4. The Labute approximate surface area is 106 Å². The van der Waals surface area contributed by atoms with Gasteiger partial charge in [0.2, 0.25) is 11.8 Å². The average molecular weight is 260 g/mol. The predicted molar refractivity (Wildman–Crippen MR) is 62.7 cm³/mol. The Bertz CT molecular complexity index is 317. The van der Waals surface area contributed by atoms with Crippen LogP contribution < -0.4 is 10.8 Å². The van der Waals surface area contributed by atoms with Crippen LogP contribution in [0.25, 0.3) is 0 Å². The number of carbonyl (C=O) groups excluding carboxylic acids is 2. The maximum absolute atomic E-state index is 11.8. The number of rotatable bonds is 7. The van der Waals surface area contributed by atoms with Crippen molar-refractivity contribution in [1.29, 1.82) is 0 Å². The summed E-state index contributed by atoms with van der Waals surface area (Å²) >= 11 is 0. The molecule has 0 radical (unpaired) electrons. The van der Waals surface area contributed by atoms with Gasteiger partial charge in [0.25, 0.3) is 0 Å². The fraction of sp³-hybridized carbons (Fsp3) is 0.727. The van der Waals surface area contributed by atoms with Crippen molar-refractivity contribution in [3.05, 3.63) is 0 Å². The van der Waals surface area contributed by atoms with E-state index >= 15 is 0 Å². The zero-order valence-electron chi connectivity index (χ0n) is 10.8. The number of hydrogen-bond acceptors (Lipinski definition) is 4. The number of carboxylic acids is 1. The van der Waals surface area contributed by atoms with Gasteiger partial charge in [-0.15, -0.1) is 0 Å². The quantitative estimate of drug-likeness (QED) is 0.383. The Morgan fingerprint density at radius 2 is 1.72 bits per heavy atom. The number of amides is 2. The summed E-state index contributed by atoms with van der Waals surface area (Å²) in [6.07, 6.45) is 0.262. The van der Waals surface area contributed by atoms with Gasteiger partial charge >= 0.3 is 5.97 Å². The Balaban J connectivity index is 4.58. The summed E-state index contributed by atoms with van der Waals surface area (Å²) in [6, 6.07) is -1.01. The molecule has 0 aliphatic rings. The topological polar surface area (TPSA) is 116 Å². The van der Waals surface area contributed by atoms with Crippen molar-refractivity contribution in [2.24, 2.45) is 11.8 Å². The average Bonchev–Trinajstić information content (AvgIpc) is 2.26. The third-order valence-corrected chi connectivity index (χ3v) is 2.41. The summed E-state index contributed by atoms with van der Waals surface area (Å²) in [5, 5.41) is 19.4. The van der Waals surface area contributed by atoms with Gasteiger partial charge in [-0.3, -0.25) is 19.6 Å². The minimum absolute atomic E-state index is 0.173. The molecule has 4 N–H and O–H groups in total. The van der Waals surface area contributed by atoms with Gasteiger partial charge in [0.05, 0.1) is 0 Å². The molecule has 18 heavy (non-hydrogen) atoms. The Kier molecular flexibility index (Phi) is 6.96. The van der Waals surface area contributed by atoms with Gasteiger partial charge < -0.3 is 10.4 Å². The van der Waals surface area contributed by atoms with Crippen LogP contribution in [0.1, 0.15) is 33.6 Å². The molecular weight excluding hydrogens is 240 g/mol. The summed E-state index contributed by atoms with van der Waals surface area (Å²) in [5.41, 5.74) is 1.46. The van der Waals surface area contributed by atoms with E-state index in [2.05, 4.69) is 5.32 Å². The van der Waals surface area contributed by atoms with E-state index in [4.69, 9.17) is 10.3 Å². The van der Waals surface area contributed by atoms with Crippen LogP contribution in [0, 0.1) is 11.8 Å². The molecule has 1 unspecified atom stereocenters. The van der Waals surface area contributed by atoms with Crippen molar-refractivity contribution >= 4 is 17.8 Å². The van der Waals surface area contributed by atoms with Crippen molar-refractivity contribution in [2.75, 3.05) is 0 Å². The van der Waals surface area contributed by atoms with Crippen LogP contribution >= 0.6 is 0 Å². The monoisotopic (exact) mass is 260 g/mol. The lowest BCUT2D eigenvalue weighted by molar-refractivity contribution is -0.142. The maximum Gasteiger partial charge on any atom is 0.325 e. The second kappa shape index (κ2) is 7.65. The van der Waals surface area contributed by atoms with E-state index in [1.165, 1.54) is 12.4 Å². The molecule has 0 heterocycles. The largest absolute Gasteiger partial charge is 0.480 e. The lowest BCUT2D eigenvalue weighted by Crippen LogP contribution is -2.43. The van der Waals surface area contributed by atoms with E-state index < -0.39 is 29.7 Å². The highest BCUT2D eigenvalue weighted by molar-refractivity contribution is 5.88. The number of carboxylic acid groups (broad SMARTS) is 1. The highest BCUT2D eigenvalue weighted by Gasteiger charge is 2.25. The molecule has 0 rings (SSSR count). The number of nitrogens with one attached hydrogen (secondary N) is 2. The van der Waals surface area contributed by atoms with Gasteiger partial charge in [-0.2, -0.15) is 0 Å². The van der Waals surface area contributed by atoms with Gasteiger partial charge in [-0.25, -0.2) is 5.48 Å². The molecule has 0 saturated heterocycles.